The molecule has 17 heavy (non-hydrogen) atoms. The van der Waals surface area contributed by atoms with Gasteiger partial charge in [-0.3, -0.25) is 4.79 Å². The van der Waals surface area contributed by atoms with Gasteiger partial charge in [0, 0.05) is 33.7 Å². The van der Waals surface area contributed by atoms with Gasteiger partial charge in [0.25, 0.3) is 0 Å². The number of nitrogens with zero attached hydrogens (tertiary/aromatic N) is 1. The first-order valence-electron chi connectivity index (χ1n) is 5.21. The van der Waals surface area contributed by atoms with Crippen LogP contribution in [0.3, 0.4) is 0 Å². The van der Waals surface area contributed by atoms with E-state index in [2.05, 4.69) is 28.6 Å². The molecule has 0 atom stereocenters. The van der Waals surface area contributed by atoms with Crippen molar-refractivity contribution in [3.05, 3.63) is 62.5 Å². The van der Waals surface area contributed by atoms with Crippen molar-refractivity contribution >= 4 is 28.6 Å². The molecule has 0 unspecified atom stereocenters. The lowest BCUT2D eigenvalue weighted by molar-refractivity contribution is 0.951. The van der Waals surface area contributed by atoms with Gasteiger partial charge in [0.1, 0.15) is 0 Å². The summed E-state index contributed by atoms with van der Waals surface area (Å²) in [5.74, 6) is 0.448. The van der Waals surface area contributed by atoms with Gasteiger partial charge in [-0.1, -0.05) is 12.1 Å². The minimum absolute atomic E-state index is 0.0424. The van der Waals surface area contributed by atoms with Crippen molar-refractivity contribution in [3.63, 3.8) is 0 Å². The second kappa shape index (κ2) is 5.10. The molecule has 0 aliphatic heterocycles. The Morgan fingerprint density at radius 1 is 1.35 bits per heavy atom. The fourth-order valence-corrected chi connectivity index (χ4v) is 2.41. The maximum atomic E-state index is 11.7. The molecule has 2 aromatic rings. The zero-order valence-electron chi connectivity index (χ0n) is 9.35. The molecule has 0 saturated carbocycles. The molecule has 0 fully saturated rings. The Bertz CT molecular complexity index is 607. The summed E-state index contributed by atoms with van der Waals surface area (Å²) in [6.45, 7) is 1.92. The molecule has 1 aromatic carbocycles. The molecule has 1 heterocycles. The van der Waals surface area contributed by atoms with E-state index in [-0.39, 0.29) is 5.43 Å². The average molecular weight is 310 g/mol. The zero-order valence-corrected chi connectivity index (χ0v) is 11.8. The van der Waals surface area contributed by atoms with E-state index < -0.39 is 0 Å². The lowest BCUT2D eigenvalue weighted by Gasteiger charge is -2.13. The van der Waals surface area contributed by atoms with Gasteiger partial charge in [-0.05, 0) is 35.0 Å². The fourth-order valence-electron chi connectivity index (χ4n) is 1.70. The molecule has 2 nitrogen and oxygen atoms in total. The molecular formula is C13H12BrNOS. The Kier molecular flexibility index (Phi) is 3.74. The highest BCUT2D eigenvalue weighted by Crippen LogP contribution is 2.21. The van der Waals surface area contributed by atoms with Crippen molar-refractivity contribution in [2.24, 2.45) is 0 Å². The summed E-state index contributed by atoms with van der Waals surface area (Å²) in [6.07, 6.45) is 1.85. The molecule has 0 bridgehead atoms. The van der Waals surface area contributed by atoms with Crippen LogP contribution in [0.2, 0.25) is 0 Å². The van der Waals surface area contributed by atoms with E-state index in [1.165, 1.54) is 0 Å². The Balaban J connectivity index is 2.68. The van der Waals surface area contributed by atoms with Crippen LogP contribution in [0.25, 0.3) is 5.69 Å². The molecule has 4 heteroatoms. The molecule has 88 valence electrons. The van der Waals surface area contributed by atoms with Crippen LogP contribution in [0.4, 0.5) is 0 Å². The molecule has 2 rings (SSSR count). The van der Waals surface area contributed by atoms with Crippen molar-refractivity contribution in [3.8, 4) is 5.69 Å². The molecule has 0 spiro atoms. The maximum Gasteiger partial charge on any atom is 0.185 e. The minimum atomic E-state index is 0.0424. The van der Waals surface area contributed by atoms with Gasteiger partial charge in [-0.25, -0.2) is 0 Å². The number of thiol groups is 1. The van der Waals surface area contributed by atoms with Crippen LogP contribution in [0.15, 0.2) is 45.8 Å². The SMILES string of the molecule is Cc1cc(=O)c(CS)cn1-c1ccccc1Br. The quantitative estimate of drug-likeness (QED) is 0.844. The van der Waals surface area contributed by atoms with Gasteiger partial charge < -0.3 is 4.57 Å². The van der Waals surface area contributed by atoms with Gasteiger partial charge in [0.2, 0.25) is 0 Å². The molecule has 1 aromatic heterocycles. The van der Waals surface area contributed by atoms with E-state index in [0.717, 1.165) is 15.9 Å². The van der Waals surface area contributed by atoms with Crippen LogP contribution >= 0.6 is 28.6 Å². The predicted octanol–water partition coefficient (Wildman–Crippen LogP) is 3.34. The van der Waals surface area contributed by atoms with Crippen LogP contribution in [0.1, 0.15) is 11.3 Å². The average Bonchev–Trinajstić information content (AvgIpc) is 2.31. The first kappa shape index (κ1) is 12.5. The molecular weight excluding hydrogens is 298 g/mol. The Morgan fingerprint density at radius 3 is 2.71 bits per heavy atom. The third-order valence-corrected chi connectivity index (χ3v) is 3.61. The van der Waals surface area contributed by atoms with Crippen LogP contribution in [-0.2, 0) is 5.75 Å². The summed E-state index contributed by atoms with van der Waals surface area (Å²) >= 11 is 7.69. The maximum absolute atomic E-state index is 11.7. The number of halogens is 1. The molecule has 0 radical (unpaired) electrons. The number of pyridine rings is 1. The molecule has 0 aliphatic rings. The molecule has 0 saturated heterocycles. The number of aromatic nitrogens is 1. The fraction of sp³-hybridized carbons (Fsp3) is 0.154. The molecule has 0 amide bonds. The number of benzene rings is 1. The summed E-state index contributed by atoms with van der Waals surface area (Å²) in [5.41, 5.74) is 2.68. The van der Waals surface area contributed by atoms with Gasteiger partial charge in [-0.2, -0.15) is 12.6 Å². The van der Waals surface area contributed by atoms with Gasteiger partial charge >= 0.3 is 0 Å². The topological polar surface area (TPSA) is 22.0 Å². The van der Waals surface area contributed by atoms with Gasteiger partial charge in [0.05, 0.1) is 5.69 Å². The second-order valence-electron chi connectivity index (χ2n) is 3.78. The number of rotatable bonds is 2. The lowest BCUT2D eigenvalue weighted by atomic mass is 10.2. The van der Waals surface area contributed by atoms with Crippen LogP contribution in [0.5, 0.6) is 0 Å². The predicted molar refractivity (Wildman–Crippen MR) is 77.2 cm³/mol. The largest absolute Gasteiger partial charge is 0.319 e. The molecule has 0 aliphatic carbocycles. The van der Waals surface area contributed by atoms with E-state index in [1.54, 1.807) is 6.07 Å². The van der Waals surface area contributed by atoms with Crippen molar-refractivity contribution in [1.82, 2.24) is 4.57 Å². The number of hydrogen-bond acceptors (Lipinski definition) is 2. The monoisotopic (exact) mass is 309 g/mol. The summed E-state index contributed by atoms with van der Waals surface area (Å²) < 4.78 is 2.99. The van der Waals surface area contributed by atoms with Gasteiger partial charge in [-0.15, -0.1) is 0 Å². The summed E-state index contributed by atoms with van der Waals surface area (Å²) in [4.78, 5) is 11.7. The second-order valence-corrected chi connectivity index (χ2v) is 4.95. The van der Waals surface area contributed by atoms with Crippen molar-refractivity contribution in [2.45, 2.75) is 12.7 Å². The normalized spacial score (nSPS) is 10.5. The summed E-state index contributed by atoms with van der Waals surface area (Å²) in [5, 5.41) is 0. The van der Waals surface area contributed by atoms with E-state index in [0.29, 0.717) is 11.3 Å². The van der Waals surface area contributed by atoms with Crippen LogP contribution in [-0.4, -0.2) is 4.57 Å². The number of aryl methyl sites for hydroxylation is 1. The zero-order chi connectivity index (χ0) is 12.4. The third kappa shape index (κ3) is 2.48. The van der Waals surface area contributed by atoms with Crippen molar-refractivity contribution < 1.29 is 0 Å². The summed E-state index contributed by atoms with van der Waals surface area (Å²) in [6, 6.07) is 9.56. The first-order valence-corrected chi connectivity index (χ1v) is 6.64. The highest BCUT2D eigenvalue weighted by Gasteiger charge is 2.06. The lowest BCUT2D eigenvalue weighted by Crippen LogP contribution is -2.13. The van der Waals surface area contributed by atoms with E-state index in [9.17, 15) is 4.79 Å². The molecule has 0 N–H and O–H groups in total. The standard InChI is InChI=1S/C13H12BrNOS/c1-9-6-13(16)10(8-17)7-15(9)12-5-3-2-4-11(12)14/h2-7,17H,8H2,1H3. The van der Waals surface area contributed by atoms with Crippen LogP contribution < -0.4 is 5.43 Å². The van der Waals surface area contributed by atoms with E-state index in [4.69, 9.17) is 0 Å². The third-order valence-electron chi connectivity index (χ3n) is 2.60. The Hall–Kier alpha value is -1.00. The Labute approximate surface area is 114 Å². The van der Waals surface area contributed by atoms with E-state index in [1.807, 2.05) is 42.0 Å². The Morgan fingerprint density at radius 2 is 2.06 bits per heavy atom. The highest BCUT2D eigenvalue weighted by molar-refractivity contribution is 9.10. The van der Waals surface area contributed by atoms with Crippen LogP contribution in [0, 0.1) is 6.92 Å². The minimum Gasteiger partial charge on any atom is -0.319 e. The van der Waals surface area contributed by atoms with Gasteiger partial charge in [0.15, 0.2) is 5.43 Å². The van der Waals surface area contributed by atoms with Crippen molar-refractivity contribution in [1.29, 1.82) is 0 Å². The first-order chi connectivity index (χ1) is 8.13. The van der Waals surface area contributed by atoms with Crippen molar-refractivity contribution in [2.75, 3.05) is 0 Å². The highest BCUT2D eigenvalue weighted by atomic mass is 79.9. The number of para-hydroxylation sites is 1. The smallest absolute Gasteiger partial charge is 0.185 e. The summed E-state index contributed by atoms with van der Waals surface area (Å²) in [7, 11) is 0. The number of hydrogen-bond donors (Lipinski definition) is 1. The van der Waals surface area contributed by atoms with E-state index >= 15 is 0 Å².